The number of aliphatic hydroxyl groups is 1. The highest BCUT2D eigenvalue weighted by molar-refractivity contribution is 6.01. The van der Waals surface area contributed by atoms with Gasteiger partial charge >= 0.3 is 23.7 Å². The van der Waals surface area contributed by atoms with E-state index in [1.807, 2.05) is 19.0 Å². The number of fused-ring (bicyclic) bond motifs is 7. The summed E-state index contributed by atoms with van der Waals surface area (Å²) in [6, 6.07) is 0. The molecular formula is C45H70N4O8. The number of carbonyl (C=O) groups is 4. The number of amides is 1. The molecule has 1 aromatic rings. The van der Waals surface area contributed by atoms with Crippen LogP contribution in [0.25, 0.3) is 0 Å². The zero-order chi connectivity index (χ0) is 42.3. The molecule has 0 bridgehead atoms. The topological polar surface area (TPSA) is 163 Å². The van der Waals surface area contributed by atoms with Crippen molar-refractivity contribution in [1.82, 2.24) is 20.0 Å². The van der Waals surface area contributed by atoms with Gasteiger partial charge in [0, 0.05) is 43.8 Å². The maximum Gasteiger partial charge on any atom is 0.311 e. The summed E-state index contributed by atoms with van der Waals surface area (Å²) in [6.07, 6.45) is 6.04. The fourth-order valence-corrected chi connectivity index (χ4v) is 13.4. The van der Waals surface area contributed by atoms with Crippen molar-refractivity contribution in [2.24, 2.45) is 56.2 Å². The number of nitrogens with zero attached hydrogens (tertiary/aromatic N) is 4. The highest BCUT2D eigenvalue weighted by Gasteiger charge is 2.71. The smallest absolute Gasteiger partial charge is 0.311 e. The van der Waals surface area contributed by atoms with Gasteiger partial charge in [0.1, 0.15) is 6.10 Å². The van der Waals surface area contributed by atoms with Crippen LogP contribution in [0.15, 0.2) is 15.6 Å². The molecule has 0 radical (unpaired) electrons. The SMILES string of the molecule is Cc1nnc(C(=O)N(CCN(C)C)C[C@H](O)[C@@]23CC[C@]4(C)[C@H](CC[C@@H]5[C@@]6(C)CC[C@H](OC(=O)CC(C)(C)C(=O)O)C(C)(C)[C@H]6CC[C@]54C)C2=C(C(C)C)C(=O)C3)o1. The lowest BCUT2D eigenvalue weighted by Crippen LogP contribution is -2.66. The minimum Gasteiger partial charge on any atom is -0.481 e. The van der Waals surface area contributed by atoms with Gasteiger partial charge in [-0.15, -0.1) is 10.2 Å². The van der Waals surface area contributed by atoms with Gasteiger partial charge in [0.15, 0.2) is 5.78 Å². The molecule has 12 nitrogen and oxygen atoms in total. The summed E-state index contributed by atoms with van der Waals surface area (Å²) in [7, 11) is 3.89. The van der Waals surface area contributed by atoms with Gasteiger partial charge in [-0.25, -0.2) is 0 Å². The predicted molar refractivity (Wildman–Crippen MR) is 215 cm³/mol. The van der Waals surface area contributed by atoms with Crippen LogP contribution in [0.4, 0.5) is 0 Å². The van der Waals surface area contributed by atoms with E-state index < -0.39 is 34.8 Å². The molecule has 1 aromatic heterocycles. The van der Waals surface area contributed by atoms with Gasteiger partial charge < -0.3 is 29.2 Å². The molecule has 9 atom stereocenters. The van der Waals surface area contributed by atoms with Crippen molar-refractivity contribution in [3.63, 3.8) is 0 Å². The molecule has 2 N–H and O–H groups in total. The summed E-state index contributed by atoms with van der Waals surface area (Å²) in [5.41, 5.74) is -0.343. The fourth-order valence-electron chi connectivity index (χ4n) is 13.4. The van der Waals surface area contributed by atoms with Crippen molar-refractivity contribution in [3.05, 3.63) is 22.9 Å². The van der Waals surface area contributed by atoms with E-state index in [-0.39, 0.29) is 70.7 Å². The second-order valence-corrected chi connectivity index (χ2v) is 21.3. The van der Waals surface area contributed by atoms with Crippen LogP contribution < -0.4 is 0 Å². The van der Waals surface area contributed by atoms with Gasteiger partial charge in [-0.3, -0.25) is 19.2 Å². The Labute approximate surface area is 339 Å². The summed E-state index contributed by atoms with van der Waals surface area (Å²) in [4.78, 5) is 56.6. The molecule has 318 valence electrons. The summed E-state index contributed by atoms with van der Waals surface area (Å²) < 4.78 is 11.7. The molecule has 1 amide bonds. The summed E-state index contributed by atoms with van der Waals surface area (Å²) >= 11 is 0. The highest BCUT2D eigenvalue weighted by Crippen LogP contribution is 2.77. The van der Waals surface area contributed by atoms with Crippen LogP contribution in [0.2, 0.25) is 0 Å². The monoisotopic (exact) mass is 795 g/mol. The quantitative estimate of drug-likeness (QED) is 0.207. The second-order valence-electron chi connectivity index (χ2n) is 21.3. The third-order valence-electron chi connectivity index (χ3n) is 16.7. The number of ketones is 1. The Balaban J connectivity index is 1.30. The molecular weight excluding hydrogens is 725 g/mol. The van der Waals surface area contributed by atoms with E-state index in [0.717, 1.165) is 56.1 Å². The molecule has 57 heavy (non-hydrogen) atoms. The number of carboxylic acids is 1. The van der Waals surface area contributed by atoms with Crippen LogP contribution in [0, 0.1) is 63.1 Å². The van der Waals surface area contributed by atoms with Crippen LogP contribution in [0.5, 0.6) is 0 Å². The number of aliphatic carboxylic acids is 1. The van der Waals surface area contributed by atoms with Crippen LogP contribution >= 0.6 is 0 Å². The lowest BCUT2D eigenvalue weighted by molar-refractivity contribution is -0.235. The molecule has 0 saturated heterocycles. The molecule has 1 heterocycles. The van der Waals surface area contributed by atoms with E-state index in [0.29, 0.717) is 37.2 Å². The zero-order valence-electron chi connectivity index (χ0n) is 36.8. The van der Waals surface area contributed by atoms with Crippen LogP contribution in [-0.2, 0) is 19.1 Å². The number of esters is 1. The van der Waals surface area contributed by atoms with Gasteiger partial charge in [0.2, 0.25) is 5.89 Å². The van der Waals surface area contributed by atoms with E-state index in [2.05, 4.69) is 58.7 Å². The van der Waals surface area contributed by atoms with E-state index in [1.165, 1.54) is 0 Å². The minimum absolute atomic E-state index is 0.00290. The number of likely N-dealkylation sites (N-methyl/N-ethyl adjacent to an activating group) is 1. The number of rotatable bonds is 12. The molecule has 6 rings (SSSR count). The zero-order valence-corrected chi connectivity index (χ0v) is 36.8. The molecule has 0 spiro atoms. The van der Waals surface area contributed by atoms with Crippen molar-refractivity contribution >= 4 is 23.6 Å². The van der Waals surface area contributed by atoms with Crippen LogP contribution in [0.1, 0.15) is 143 Å². The van der Waals surface area contributed by atoms with Crippen molar-refractivity contribution in [3.8, 4) is 0 Å². The average molecular weight is 795 g/mol. The number of carbonyl (C=O) groups excluding carboxylic acids is 3. The van der Waals surface area contributed by atoms with E-state index in [9.17, 15) is 29.4 Å². The number of allylic oxidation sites excluding steroid dienone is 1. The number of ether oxygens (including phenoxy) is 1. The Morgan fingerprint density at radius 2 is 1.61 bits per heavy atom. The van der Waals surface area contributed by atoms with E-state index in [1.54, 1.807) is 25.7 Å². The Kier molecular flexibility index (Phi) is 11.3. The molecule has 5 aliphatic carbocycles. The molecule has 0 aromatic carbocycles. The van der Waals surface area contributed by atoms with Crippen molar-refractivity contribution in [1.29, 1.82) is 0 Å². The maximum absolute atomic E-state index is 14.3. The predicted octanol–water partition coefficient (Wildman–Crippen LogP) is 7.14. The lowest BCUT2D eigenvalue weighted by Gasteiger charge is -2.72. The number of aryl methyl sites for hydroxylation is 1. The maximum atomic E-state index is 14.3. The number of hydrogen-bond acceptors (Lipinski definition) is 10. The first-order chi connectivity index (χ1) is 26.4. The second kappa shape index (κ2) is 14.9. The van der Waals surface area contributed by atoms with Crippen molar-refractivity contribution in [2.75, 3.05) is 33.7 Å². The van der Waals surface area contributed by atoms with Crippen LogP contribution in [0.3, 0.4) is 0 Å². The first-order valence-corrected chi connectivity index (χ1v) is 21.5. The Morgan fingerprint density at radius 3 is 2.21 bits per heavy atom. The molecule has 12 heteroatoms. The molecule has 0 unspecified atom stereocenters. The largest absolute Gasteiger partial charge is 0.481 e. The molecule has 4 saturated carbocycles. The molecule has 0 aliphatic heterocycles. The number of aromatic nitrogens is 2. The number of carboxylic acid groups (broad SMARTS) is 1. The number of Topliss-reactive ketones (excluding diaryl/α,β-unsaturated/α-hetero) is 1. The first-order valence-electron chi connectivity index (χ1n) is 21.5. The van der Waals surface area contributed by atoms with Gasteiger partial charge in [0.05, 0.1) is 17.9 Å². The number of hydrogen-bond donors (Lipinski definition) is 2. The van der Waals surface area contributed by atoms with Crippen molar-refractivity contribution < 1.29 is 38.5 Å². The Morgan fingerprint density at radius 1 is 0.930 bits per heavy atom. The van der Waals surface area contributed by atoms with E-state index in [4.69, 9.17) is 9.15 Å². The average Bonchev–Trinajstić information content (AvgIpc) is 3.68. The van der Waals surface area contributed by atoms with Crippen LogP contribution in [-0.4, -0.2) is 99.8 Å². The normalized spacial score (nSPS) is 35.3. The van der Waals surface area contributed by atoms with Crippen molar-refractivity contribution in [2.45, 2.75) is 146 Å². The Hall–Kier alpha value is -3.12. The molecule has 5 aliphatic rings. The first kappa shape index (κ1) is 43.5. The van der Waals surface area contributed by atoms with E-state index >= 15 is 0 Å². The van der Waals surface area contributed by atoms with Gasteiger partial charge in [-0.2, -0.15) is 0 Å². The Bertz CT molecular complexity index is 1800. The van der Waals surface area contributed by atoms with Gasteiger partial charge in [-0.1, -0.05) is 54.0 Å². The fraction of sp³-hybridized carbons (Fsp3) is 0.822. The van der Waals surface area contributed by atoms with Gasteiger partial charge in [0.25, 0.3) is 0 Å². The lowest BCUT2D eigenvalue weighted by atomic mass is 9.33. The summed E-state index contributed by atoms with van der Waals surface area (Å²) in [5, 5.41) is 30.1. The number of aliphatic hydroxyl groups excluding tert-OH is 1. The van der Waals surface area contributed by atoms with Gasteiger partial charge in [-0.05, 0) is 125 Å². The third-order valence-corrected chi connectivity index (χ3v) is 16.7. The summed E-state index contributed by atoms with van der Waals surface area (Å²) in [6.45, 7) is 22.0. The molecule has 4 fully saturated rings. The third kappa shape index (κ3) is 7.00. The standard InChI is InChI=1S/C45H70N4O8/c1-26(2)35-29(50)23-45(32(51)25-49(22-21-48(11)12)38(53)37-47-46-27(3)56-37)20-19-43(9)28(36(35)45)13-14-31-42(8)17-16-33(57-34(52)24-40(4,5)39(54)55)41(6,7)30(42)15-18-44(31,43)10/h26,28,30-33,51H,13-25H2,1-12H3,(H,54,55)/t28-,30-,31-,32+,33+,42+,43-,44-,45+/m1/s1. The highest BCUT2D eigenvalue weighted by atomic mass is 16.5. The summed E-state index contributed by atoms with van der Waals surface area (Å²) in [5.74, 6) is -0.663. The minimum atomic E-state index is -1.19.